The molecule has 4 saturated carbocycles. The summed E-state index contributed by atoms with van der Waals surface area (Å²) in [5, 5.41) is 10.0. The SMILES string of the molecule is Cc1cc(-c2cccc3c2-c2cc(C#N)ccc2C32C3CC4CC(C3)CC2C4)ccc1-c1nc(-c2ccccc2)nc(-c2ccccc2)n1. The molecule has 1 aromatic heterocycles. The van der Waals surface area contributed by atoms with Gasteiger partial charge in [-0.2, -0.15) is 5.26 Å². The number of hydrogen-bond donors (Lipinski definition) is 0. The first-order valence-electron chi connectivity index (χ1n) is 17.8. The summed E-state index contributed by atoms with van der Waals surface area (Å²) >= 11 is 0. The van der Waals surface area contributed by atoms with Crippen LogP contribution in [0.4, 0.5) is 0 Å². The molecule has 236 valence electrons. The van der Waals surface area contributed by atoms with Crippen molar-refractivity contribution in [1.82, 2.24) is 15.0 Å². The van der Waals surface area contributed by atoms with Gasteiger partial charge in [0.25, 0.3) is 0 Å². The molecule has 11 rings (SSSR count). The van der Waals surface area contributed by atoms with Crippen molar-refractivity contribution in [1.29, 1.82) is 5.26 Å². The van der Waals surface area contributed by atoms with E-state index in [2.05, 4.69) is 67.6 Å². The van der Waals surface area contributed by atoms with Gasteiger partial charge in [0.05, 0.1) is 11.6 Å². The van der Waals surface area contributed by atoms with Gasteiger partial charge in [-0.3, -0.25) is 0 Å². The summed E-state index contributed by atoms with van der Waals surface area (Å²) in [5.41, 5.74) is 12.9. The van der Waals surface area contributed by atoms with Crippen LogP contribution in [0.2, 0.25) is 0 Å². The van der Waals surface area contributed by atoms with Crippen LogP contribution in [0.5, 0.6) is 0 Å². The van der Waals surface area contributed by atoms with Crippen molar-refractivity contribution >= 4 is 0 Å². The lowest BCUT2D eigenvalue weighted by Crippen LogP contribution is -2.55. The van der Waals surface area contributed by atoms with Gasteiger partial charge in [0, 0.05) is 22.1 Å². The van der Waals surface area contributed by atoms with Gasteiger partial charge in [-0.1, -0.05) is 103 Å². The minimum absolute atomic E-state index is 0.0592. The highest BCUT2D eigenvalue weighted by atomic mass is 15.0. The molecule has 1 spiro atoms. The van der Waals surface area contributed by atoms with E-state index in [0.717, 1.165) is 39.7 Å². The van der Waals surface area contributed by atoms with Crippen LogP contribution >= 0.6 is 0 Å². The van der Waals surface area contributed by atoms with E-state index >= 15 is 0 Å². The van der Waals surface area contributed by atoms with Crippen LogP contribution in [-0.2, 0) is 5.41 Å². The predicted octanol–water partition coefficient (Wildman–Crippen LogP) is 10.4. The molecule has 0 saturated heterocycles. The van der Waals surface area contributed by atoms with Crippen molar-refractivity contribution in [3.8, 4) is 62.5 Å². The molecule has 49 heavy (non-hydrogen) atoms. The number of hydrogen-bond acceptors (Lipinski definition) is 4. The smallest absolute Gasteiger partial charge is 0.164 e. The maximum absolute atomic E-state index is 10.0. The van der Waals surface area contributed by atoms with Crippen LogP contribution in [0, 0.1) is 41.9 Å². The van der Waals surface area contributed by atoms with Crippen molar-refractivity contribution in [2.75, 3.05) is 0 Å². The number of rotatable bonds is 4. The average Bonchev–Trinajstić information content (AvgIpc) is 3.44. The van der Waals surface area contributed by atoms with E-state index in [-0.39, 0.29) is 5.41 Å². The first-order chi connectivity index (χ1) is 24.1. The quantitative estimate of drug-likeness (QED) is 0.194. The molecule has 0 radical (unpaired) electrons. The van der Waals surface area contributed by atoms with Gasteiger partial charge in [-0.25, -0.2) is 15.0 Å². The number of fused-ring (bicyclic) bond motifs is 3. The zero-order valence-electron chi connectivity index (χ0n) is 27.6. The molecule has 4 bridgehead atoms. The van der Waals surface area contributed by atoms with E-state index in [0.29, 0.717) is 29.3 Å². The highest BCUT2D eigenvalue weighted by molar-refractivity contribution is 5.94. The fourth-order valence-electron chi connectivity index (χ4n) is 10.6. The van der Waals surface area contributed by atoms with Crippen molar-refractivity contribution in [3.05, 3.63) is 138 Å². The van der Waals surface area contributed by atoms with E-state index in [1.807, 2.05) is 60.7 Å². The molecule has 5 aromatic carbocycles. The minimum Gasteiger partial charge on any atom is -0.208 e. The van der Waals surface area contributed by atoms with Crippen LogP contribution in [0.25, 0.3) is 56.4 Å². The fourth-order valence-corrected chi connectivity index (χ4v) is 10.6. The Kier molecular flexibility index (Phi) is 6.31. The van der Waals surface area contributed by atoms with Gasteiger partial charge in [-0.15, -0.1) is 0 Å². The molecule has 4 nitrogen and oxygen atoms in total. The Morgan fingerprint density at radius 3 is 1.80 bits per heavy atom. The second kappa shape index (κ2) is 10.8. The second-order valence-electron chi connectivity index (χ2n) is 14.8. The van der Waals surface area contributed by atoms with Crippen LogP contribution in [0.1, 0.15) is 54.4 Å². The summed E-state index contributed by atoms with van der Waals surface area (Å²) < 4.78 is 0. The third kappa shape index (κ3) is 4.25. The zero-order valence-corrected chi connectivity index (χ0v) is 27.6. The first-order valence-corrected chi connectivity index (χ1v) is 17.8. The molecule has 0 atom stereocenters. The summed E-state index contributed by atoms with van der Waals surface area (Å²) in [6, 6.07) is 43.0. The van der Waals surface area contributed by atoms with Gasteiger partial charge >= 0.3 is 0 Å². The Labute approximate surface area is 287 Å². The Balaban J connectivity index is 1.12. The van der Waals surface area contributed by atoms with Crippen LogP contribution in [0.3, 0.4) is 0 Å². The standard InChI is InChI=1S/C45H36N4/c1-27-19-33(16-17-36(27)44-48-42(31-9-4-2-5-10-31)47-43(49-44)32-11-6-3-7-12-32)37-13-8-14-40-41(37)38-25-28(26-46)15-18-39(38)45(40)34-21-29-20-30(23-34)24-35(45)22-29/h2-19,25,29-30,34-35H,20-24H2,1H3. The van der Waals surface area contributed by atoms with Gasteiger partial charge < -0.3 is 0 Å². The lowest BCUT2D eigenvalue weighted by Gasteiger charge is -2.61. The highest BCUT2D eigenvalue weighted by Gasteiger charge is 2.61. The molecule has 5 aliphatic carbocycles. The van der Waals surface area contributed by atoms with E-state index in [1.165, 1.54) is 65.5 Å². The fraction of sp³-hybridized carbons (Fsp3) is 0.244. The summed E-state index contributed by atoms with van der Waals surface area (Å²) in [6.45, 7) is 2.16. The van der Waals surface area contributed by atoms with E-state index < -0.39 is 0 Å². The number of benzene rings is 5. The number of aromatic nitrogens is 3. The molecular formula is C45H36N4. The summed E-state index contributed by atoms with van der Waals surface area (Å²) in [7, 11) is 0. The lowest BCUT2D eigenvalue weighted by molar-refractivity contribution is -0.0399. The molecule has 0 unspecified atom stereocenters. The van der Waals surface area contributed by atoms with Gasteiger partial charge in [-0.05, 0) is 114 Å². The maximum Gasteiger partial charge on any atom is 0.164 e. The van der Waals surface area contributed by atoms with Crippen LogP contribution < -0.4 is 0 Å². The van der Waals surface area contributed by atoms with Gasteiger partial charge in [0.15, 0.2) is 17.5 Å². The maximum atomic E-state index is 10.0. The largest absolute Gasteiger partial charge is 0.208 e. The van der Waals surface area contributed by atoms with E-state index in [9.17, 15) is 5.26 Å². The summed E-state index contributed by atoms with van der Waals surface area (Å²) in [6.07, 6.45) is 6.79. The van der Waals surface area contributed by atoms with E-state index in [1.54, 1.807) is 0 Å². The van der Waals surface area contributed by atoms with Crippen LogP contribution in [-0.4, -0.2) is 15.0 Å². The van der Waals surface area contributed by atoms with Crippen molar-refractivity contribution < 1.29 is 0 Å². The third-order valence-electron chi connectivity index (χ3n) is 12.3. The molecule has 0 aliphatic heterocycles. The second-order valence-corrected chi connectivity index (χ2v) is 14.8. The molecule has 4 heteroatoms. The highest BCUT2D eigenvalue weighted by Crippen LogP contribution is 2.70. The van der Waals surface area contributed by atoms with Gasteiger partial charge in [0.2, 0.25) is 0 Å². The minimum atomic E-state index is 0.0592. The molecule has 1 heterocycles. The van der Waals surface area contributed by atoms with E-state index in [4.69, 9.17) is 15.0 Å². The van der Waals surface area contributed by atoms with Crippen molar-refractivity contribution in [2.45, 2.75) is 44.4 Å². The van der Waals surface area contributed by atoms with Crippen LogP contribution in [0.15, 0.2) is 115 Å². The molecule has 6 aromatic rings. The Morgan fingerprint density at radius 1 is 0.551 bits per heavy atom. The molecule has 4 fully saturated rings. The first kappa shape index (κ1) is 28.6. The third-order valence-corrected chi connectivity index (χ3v) is 12.3. The number of aryl methyl sites for hydroxylation is 1. The monoisotopic (exact) mass is 632 g/mol. The topological polar surface area (TPSA) is 62.5 Å². The molecular weight excluding hydrogens is 597 g/mol. The molecule has 0 amide bonds. The Morgan fingerprint density at radius 2 is 1.18 bits per heavy atom. The Bertz CT molecular complexity index is 2230. The predicted molar refractivity (Wildman–Crippen MR) is 194 cm³/mol. The number of nitrogens with zero attached hydrogens (tertiary/aromatic N) is 4. The van der Waals surface area contributed by atoms with Crippen molar-refractivity contribution in [3.63, 3.8) is 0 Å². The van der Waals surface area contributed by atoms with Crippen molar-refractivity contribution in [2.24, 2.45) is 23.7 Å². The normalized spacial score (nSPS) is 24.1. The number of nitriles is 1. The summed E-state index contributed by atoms with van der Waals surface area (Å²) in [4.78, 5) is 14.9. The molecule has 0 N–H and O–H groups in total. The average molecular weight is 633 g/mol. The van der Waals surface area contributed by atoms with Gasteiger partial charge in [0.1, 0.15) is 0 Å². The molecule has 5 aliphatic rings. The zero-order chi connectivity index (χ0) is 32.7. The lowest BCUT2D eigenvalue weighted by atomic mass is 9.43. The summed E-state index contributed by atoms with van der Waals surface area (Å²) in [5.74, 6) is 5.14. The Hall–Kier alpha value is -5.40.